The van der Waals surface area contributed by atoms with Crippen LogP contribution < -0.4 is 20.3 Å². The molecule has 1 amide bonds. The number of hydrogen-bond donors (Lipinski definition) is 2. The van der Waals surface area contributed by atoms with Crippen LogP contribution >= 0.6 is 0 Å². The van der Waals surface area contributed by atoms with Crippen molar-refractivity contribution in [3.63, 3.8) is 0 Å². The van der Waals surface area contributed by atoms with Crippen molar-refractivity contribution in [3.05, 3.63) is 95.4 Å². The van der Waals surface area contributed by atoms with Gasteiger partial charge in [0.25, 0.3) is 5.88 Å². The van der Waals surface area contributed by atoms with Gasteiger partial charge in [-0.15, -0.1) is 0 Å². The Bertz CT molecular complexity index is 1470. The number of carbonyl (C=O) groups is 1. The molecule has 0 spiro atoms. The van der Waals surface area contributed by atoms with E-state index in [0.29, 0.717) is 5.69 Å². The Morgan fingerprint density at radius 2 is 1.75 bits per heavy atom. The summed E-state index contributed by atoms with van der Waals surface area (Å²) in [6.45, 7) is 6.25. The number of methoxy groups -OCH3 is 1. The van der Waals surface area contributed by atoms with Crippen LogP contribution in [0.4, 0.5) is 8.78 Å². The molecule has 0 aliphatic carbocycles. The summed E-state index contributed by atoms with van der Waals surface area (Å²) < 4.78 is 50.0. The molecule has 5 rings (SSSR count). The molecule has 0 atom stereocenters. The third kappa shape index (κ3) is 10.2. The molecule has 2 N–H and O–H groups in total. The van der Waals surface area contributed by atoms with E-state index in [2.05, 4.69) is 26.0 Å². The number of nitrogens with zero attached hydrogens (tertiary/aromatic N) is 3. The molecule has 0 unspecified atom stereocenters. The minimum Gasteiger partial charge on any atom is -0.497 e. The summed E-state index contributed by atoms with van der Waals surface area (Å²) >= 11 is 0. The Hall–Kier alpha value is -4.84. The lowest BCUT2D eigenvalue weighted by atomic mass is 10.0. The maximum Gasteiger partial charge on any atom is 0.255 e. The van der Waals surface area contributed by atoms with Crippen molar-refractivity contribution in [2.45, 2.75) is 39.7 Å². The second-order valence-corrected chi connectivity index (χ2v) is 9.05. The zero-order valence-corrected chi connectivity index (χ0v) is 25.2. The van der Waals surface area contributed by atoms with E-state index in [1.165, 1.54) is 32.2 Å². The summed E-state index contributed by atoms with van der Waals surface area (Å²) in [5.41, 5.74) is 6.08. The van der Waals surface area contributed by atoms with E-state index in [1.807, 2.05) is 38.1 Å². The molecular formula is C32H37F2N5O5. The van der Waals surface area contributed by atoms with Gasteiger partial charge in [-0.05, 0) is 60.0 Å². The maximum absolute atomic E-state index is 14.6. The smallest absolute Gasteiger partial charge is 0.255 e. The molecule has 0 radical (unpaired) electrons. The number of amides is 1. The van der Waals surface area contributed by atoms with Crippen LogP contribution in [0.2, 0.25) is 0 Å². The second kappa shape index (κ2) is 18.0. The van der Waals surface area contributed by atoms with Crippen LogP contribution in [0.25, 0.3) is 11.3 Å². The van der Waals surface area contributed by atoms with Gasteiger partial charge < -0.3 is 18.7 Å². The lowest BCUT2D eigenvalue weighted by Crippen LogP contribution is -2.42. The highest BCUT2D eigenvalue weighted by molar-refractivity contribution is 5.97. The van der Waals surface area contributed by atoms with E-state index < -0.39 is 24.0 Å². The molecule has 4 aromatic rings. The summed E-state index contributed by atoms with van der Waals surface area (Å²) in [5.74, 6) is -0.738. The number of halogens is 2. The fraction of sp³-hybridized carbons (Fsp3) is 0.312. The highest BCUT2D eigenvalue weighted by Crippen LogP contribution is 2.24. The van der Waals surface area contributed by atoms with E-state index in [1.54, 1.807) is 25.3 Å². The third-order valence-electron chi connectivity index (χ3n) is 6.07. The monoisotopic (exact) mass is 609 g/mol. The fourth-order valence-electron chi connectivity index (χ4n) is 3.84. The van der Waals surface area contributed by atoms with Crippen molar-refractivity contribution >= 4 is 11.7 Å². The van der Waals surface area contributed by atoms with Crippen molar-refractivity contribution < 1.29 is 32.3 Å². The standard InChI is InChI=1S/C26H23F2N5O4.C4H8O.C2H6/c1-29-26(23-14-25(33-37-23)36-15-16-6-8-18(35-2)9-7-16)32-31-24(34)12-17-11-21(28)19(13-20(17)27)22-5-3-4-10-30-22;1-2-4-5-3-1;1-2/h3-11,13-14H,12,15H2,1-2H3,(H,29,32)(H,31,34);1-4H2;1-2H3. The SMILES string of the molecule is C1CCOC1.CC.CN=C(NNC(=O)Cc1cc(F)c(-c2ccccn2)cc1F)c1cc(OCc2ccc(OC)cc2)no1. The van der Waals surface area contributed by atoms with Crippen LogP contribution in [-0.2, 0) is 22.6 Å². The van der Waals surface area contributed by atoms with E-state index in [-0.39, 0.29) is 35.2 Å². The maximum atomic E-state index is 14.6. The molecule has 10 nitrogen and oxygen atoms in total. The summed E-state index contributed by atoms with van der Waals surface area (Å²) in [7, 11) is 3.06. The molecule has 1 aliphatic rings. The summed E-state index contributed by atoms with van der Waals surface area (Å²) in [6, 6.07) is 15.8. The van der Waals surface area contributed by atoms with Crippen molar-refractivity contribution in [2.24, 2.45) is 4.99 Å². The first-order valence-corrected chi connectivity index (χ1v) is 14.2. The van der Waals surface area contributed by atoms with Crippen LogP contribution in [0.3, 0.4) is 0 Å². The van der Waals surface area contributed by atoms with E-state index in [0.717, 1.165) is 36.7 Å². The highest BCUT2D eigenvalue weighted by Gasteiger charge is 2.17. The molecule has 1 saturated heterocycles. The number of hydrogen-bond acceptors (Lipinski definition) is 8. The number of amidine groups is 1. The van der Waals surface area contributed by atoms with Crippen LogP contribution in [0.1, 0.15) is 43.6 Å². The van der Waals surface area contributed by atoms with Gasteiger partial charge in [-0.2, -0.15) is 0 Å². The Morgan fingerprint density at radius 3 is 2.36 bits per heavy atom. The largest absolute Gasteiger partial charge is 0.497 e. The first-order valence-electron chi connectivity index (χ1n) is 14.2. The van der Waals surface area contributed by atoms with Crippen molar-refractivity contribution in [2.75, 3.05) is 27.4 Å². The number of hydrazine groups is 1. The van der Waals surface area contributed by atoms with E-state index in [9.17, 15) is 13.6 Å². The molecule has 0 saturated carbocycles. The summed E-state index contributed by atoms with van der Waals surface area (Å²) in [6.07, 6.45) is 3.62. The normalized spacial score (nSPS) is 12.3. The van der Waals surface area contributed by atoms with Crippen molar-refractivity contribution in [1.82, 2.24) is 21.0 Å². The first kappa shape index (κ1) is 33.7. The lowest BCUT2D eigenvalue weighted by Gasteiger charge is -2.10. The van der Waals surface area contributed by atoms with Crippen molar-refractivity contribution in [3.8, 4) is 22.9 Å². The van der Waals surface area contributed by atoms with Gasteiger partial charge in [-0.1, -0.05) is 32.0 Å². The molecule has 234 valence electrons. The number of aliphatic imine (C=N–C) groups is 1. The highest BCUT2D eigenvalue weighted by atomic mass is 19.1. The minimum absolute atomic E-state index is 0.0103. The molecule has 2 aromatic heterocycles. The first-order chi connectivity index (χ1) is 21.5. The number of carbonyl (C=O) groups excluding carboxylic acids is 1. The van der Waals surface area contributed by atoms with Gasteiger partial charge in [-0.25, -0.2) is 8.78 Å². The van der Waals surface area contributed by atoms with Crippen LogP contribution in [-0.4, -0.2) is 49.3 Å². The van der Waals surface area contributed by atoms with Crippen LogP contribution in [0.15, 0.2) is 76.4 Å². The van der Waals surface area contributed by atoms with Gasteiger partial charge >= 0.3 is 0 Å². The molecule has 0 bridgehead atoms. The molecule has 2 aromatic carbocycles. The van der Waals surface area contributed by atoms with Gasteiger partial charge in [0.1, 0.15) is 24.0 Å². The van der Waals surface area contributed by atoms with Gasteiger partial charge in [0.15, 0.2) is 5.84 Å². The van der Waals surface area contributed by atoms with Gasteiger partial charge in [0, 0.05) is 37.6 Å². The second-order valence-electron chi connectivity index (χ2n) is 9.05. The third-order valence-corrected chi connectivity index (χ3v) is 6.07. The number of nitrogens with one attached hydrogen (secondary N) is 2. The van der Waals surface area contributed by atoms with Crippen LogP contribution in [0.5, 0.6) is 11.6 Å². The zero-order valence-electron chi connectivity index (χ0n) is 25.2. The van der Waals surface area contributed by atoms with Crippen molar-refractivity contribution in [1.29, 1.82) is 0 Å². The molecule has 44 heavy (non-hydrogen) atoms. The molecular weight excluding hydrogens is 572 g/mol. The Kier molecular flexibility index (Phi) is 13.7. The molecule has 12 heteroatoms. The quantitative estimate of drug-likeness (QED) is 0.149. The fourth-order valence-corrected chi connectivity index (χ4v) is 3.84. The van der Waals surface area contributed by atoms with Gasteiger partial charge in [0.2, 0.25) is 11.7 Å². The number of pyridine rings is 1. The van der Waals surface area contributed by atoms with E-state index >= 15 is 0 Å². The average molecular weight is 610 g/mol. The molecule has 3 heterocycles. The topological polar surface area (TPSA) is 120 Å². The predicted octanol–water partition coefficient (Wildman–Crippen LogP) is 5.67. The number of rotatable bonds is 8. The Morgan fingerprint density at radius 1 is 1.00 bits per heavy atom. The predicted molar refractivity (Wildman–Crippen MR) is 162 cm³/mol. The number of aromatic nitrogens is 2. The van der Waals surface area contributed by atoms with E-state index in [4.69, 9.17) is 18.7 Å². The van der Waals surface area contributed by atoms with Gasteiger partial charge in [0.05, 0.1) is 25.3 Å². The number of benzene rings is 2. The Balaban J connectivity index is 0.000000675. The number of ether oxygens (including phenoxy) is 3. The molecule has 1 aliphatic heterocycles. The van der Waals surface area contributed by atoms with Crippen LogP contribution in [0, 0.1) is 11.6 Å². The Labute approximate surface area is 255 Å². The summed E-state index contributed by atoms with van der Waals surface area (Å²) in [4.78, 5) is 20.4. The molecule has 1 fully saturated rings. The lowest BCUT2D eigenvalue weighted by molar-refractivity contribution is -0.121. The zero-order chi connectivity index (χ0) is 31.7. The minimum atomic E-state index is -0.726. The van der Waals surface area contributed by atoms with Gasteiger partial charge in [-0.3, -0.25) is 25.6 Å². The average Bonchev–Trinajstić information content (AvgIpc) is 3.80. The summed E-state index contributed by atoms with van der Waals surface area (Å²) in [5, 5.41) is 3.83.